The first kappa shape index (κ1) is 11.3. The Kier molecular flexibility index (Phi) is 3.88. The summed E-state index contributed by atoms with van der Waals surface area (Å²) in [5.74, 6) is 0. The Hall–Kier alpha value is 0.270. The molecule has 5 heteroatoms. The lowest BCUT2D eigenvalue weighted by Crippen LogP contribution is -2.35. The van der Waals surface area contributed by atoms with E-state index in [1.54, 1.807) is 6.92 Å². The average Bonchev–Trinajstić information content (AvgIpc) is 1.90. The molecule has 0 aliphatic carbocycles. The summed E-state index contributed by atoms with van der Waals surface area (Å²) in [4.78, 5) is 18.7. The molecular weight excluding hydrogens is 167 g/mol. The van der Waals surface area contributed by atoms with E-state index in [2.05, 4.69) is 0 Å². The zero-order valence-corrected chi connectivity index (χ0v) is 8.26. The van der Waals surface area contributed by atoms with E-state index in [1.165, 1.54) is 20.9 Å². The first-order valence-electron chi connectivity index (χ1n) is 3.36. The van der Waals surface area contributed by atoms with E-state index in [9.17, 15) is 9.79 Å². The molecule has 0 heterocycles. The van der Waals surface area contributed by atoms with E-state index in [0.717, 1.165) is 0 Å². The number of methoxy groups -OCH3 is 2. The van der Waals surface area contributed by atoms with Crippen molar-refractivity contribution in [3.05, 3.63) is 0 Å². The van der Waals surface area contributed by atoms with Gasteiger partial charge < -0.3 is 9.47 Å². The second-order valence-electron chi connectivity index (χ2n) is 2.39. The quantitative estimate of drug-likeness (QED) is 0.500. The number of hydrogen-bond donors (Lipinski definition) is 2. The zero-order valence-electron chi connectivity index (χ0n) is 7.37. The summed E-state index contributed by atoms with van der Waals surface area (Å²) in [7, 11) is -0.300. The van der Waals surface area contributed by atoms with Crippen LogP contribution >= 0.6 is 7.72 Å². The second kappa shape index (κ2) is 3.78. The predicted molar refractivity (Wildman–Crippen MR) is 44.3 cm³/mol. The van der Waals surface area contributed by atoms with Gasteiger partial charge in [-0.15, -0.1) is 0 Å². The minimum absolute atomic E-state index is 0.414. The van der Waals surface area contributed by atoms with Gasteiger partial charge in [-0.25, -0.2) is 9.79 Å². The van der Waals surface area contributed by atoms with E-state index in [1.807, 2.05) is 0 Å². The normalized spacial score (nSPS) is 13.6. The fraction of sp³-hybridized carbons (Fsp3) is 1.00. The lowest BCUT2D eigenvalue weighted by atomic mass is 10.5. The van der Waals surface area contributed by atoms with Crippen molar-refractivity contribution in [1.82, 2.24) is 0 Å². The lowest BCUT2D eigenvalue weighted by molar-refractivity contribution is -0.153. The van der Waals surface area contributed by atoms with Crippen LogP contribution < -0.4 is 0 Å². The van der Waals surface area contributed by atoms with Crippen molar-refractivity contribution in [2.75, 3.05) is 20.9 Å². The Balaban J connectivity index is 4.54. The van der Waals surface area contributed by atoms with Crippen molar-refractivity contribution in [2.24, 2.45) is 0 Å². The maximum Gasteiger partial charge on any atom is 0.338 e. The molecule has 0 aliphatic rings. The molecule has 0 amide bonds. The van der Waals surface area contributed by atoms with Gasteiger partial charge in [0.15, 0.2) is 0 Å². The van der Waals surface area contributed by atoms with E-state index in [4.69, 9.17) is 9.47 Å². The van der Waals surface area contributed by atoms with Crippen LogP contribution in [0.3, 0.4) is 0 Å². The molecule has 0 atom stereocenters. The molecule has 4 nitrogen and oxygen atoms in total. The van der Waals surface area contributed by atoms with Crippen LogP contribution in [0.4, 0.5) is 0 Å². The predicted octanol–water partition coefficient (Wildman–Crippen LogP) is 0.805. The van der Waals surface area contributed by atoms with Gasteiger partial charge in [0, 0.05) is 20.6 Å². The molecule has 0 bridgehead atoms. The highest BCUT2D eigenvalue weighted by molar-refractivity contribution is 7.65. The van der Waals surface area contributed by atoms with Crippen molar-refractivity contribution < 1.29 is 19.3 Å². The fourth-order valence-electron chi connectivity index (χ4n) is 1.02. The maximum absolute atomic E-state index is 9.34. The topological polar surface area (TPSA) is 58.9 Å². The van der Waals surface area contributed by atoms with E-state index >= 15 is 0 Å². The third-order valence-electron chi connectivity index (χ3n) is 1.73. The van der Waals surface area contributed by atoms with Gasteiger partial charge in [0.25, 0.3) is 0 Å². The van der Waals surface area contributed by atoms with Gasteiger partial charge in [0.1, 0.15) is 6.66 Å². The highest BCUT2D eigenvalue weighted by Crippen LogP contribution is 2.60. The van der Waals surface area contributed by atoms with Gasteiger partial charge in [-0.2, -0.15) is 0 Å². The molecule has 0 fully saturated rings. The Bertz CT molecular complexity index is 108. The van der Waals surface area contributed by atoms with Crippen LogP contribution in [0.25, 0.3) is 0 Å². The van der Waals surface area contributed by atoms with Gasteiger partial charge in [-0.3, -0.25) is 0 Å². The third kappa shape index (κ3) is 2.10. The van der Waals surface area contributed by atoms with Gasteiger partial charge >= 0.3 is 13.2 Å². The number of hydrogen-bond acceptors (Lipinski definition) is 4. The van der Waals surface area contributed by atoms with Gasteiger partial charge in [-0.05, 0) is 0 Å². The Morgan fingerprint density at radius 3 is 1.64 bits per heavy atom. The molecule has 0 saturated carbocycles. The van der Waals surface area contributed by atoms with Crippen LogP contribution in [0.5, 0.6) is 0 Å². The molecule has 0 unspecified atom stereocenters. The molecule has 0 rings (SSSR count). The van der Waals surface area contributed by atoms with Gasteiger partial charge in [0.2, 0.25) is 0 Å². The Morgan fingerprint density at radius 1 is 1.27 bits per heavy atom. The summed E-state index contributed by atoms with van der Waals surface area (Å²) in [6.45, 7) is 3.11. The highest BCUT2D eigenvalue weighted by Gasteiger charge is 2.55. The van der Waals surface area contributed by atoms with Crippen LogP contribution in [0, 0.1) is 0 Å². The van der Waals surface area contributed by atoms with Crippen LogP contribution in [-0.4, -0.2) is 36.2 Å². The van der Waals surface area contributed by atoms with Gasteiger partial charge in [0.05, 0.1) is 0 Å². The standard InChI is InChI=1S/C6H16O4P/c1-5-6(9-2,10-3)11(4,7)8/h7-8H,5H2,1-4H3/q+1. The fourth-order valence-corrected chi connectivity index (χ4v) is 2.31. The molecule has 11 heavy (non-hydrogen) atoms. The minimum Gasteiger partial charge on any atom is -0.318 e. The summed E-state index contributed by atoms with van der Waals surface area (Å²) in [6.07, 6.45) is 0.414. The summed E-state index contributed by atoms with van der Waals surface area (Å²) >= 11 is 0. The average molecular weight is 183 g/mol. The molecule has 0 aromatic carbocycles. The second-order valence-corrected chi connectivity index (χ2v) is 4.90. The van der Waals surface area contributed by atoms with Crippen molar-refractivity contribution in [3.8, 4) is 0 Å². The van der Waals surface area contributed by atoms with Crippen molar-refractivity contribution in [2.45, 2.75) is 18.9 Å². The first-order valence-corrected chi connectivity index (χ1v) is 5.50. The van der Waals surface area contributed by atoms with Gasteiger partial charge in [-0.1, -0.05) is 6.92 Å². The highest BCUT2D eigenvalue weighted by atomic mass is 31.2. The van der Waals surface area contributed by atoms with E-state index in [-0.39, 0.29) is 0 Å². The molecule has 0 saturated heterocycles. The Morgan fingerprint density at radius 2 is 1.64 bits per heavy atom. The molecule has 0 aromatic rings. The molecule has 0 spiro atoms. The zero-order chi connectivity index (χ0) is 9.12. The number of ether oxygens (including phenoxy) is 2. The third-order valence-corrected chi connectivity index (χ3v) is 3.70. The van der Waals surface area contributed by atoms with Crippen LogP contribution in [0.15, 0.2) is 0 Å². The SMILES string of the molecule is CCC(OC)(OC)[P+](C)(O)O. The summed E-state index contributed by atoms with van der Waals surface area (Å²) in [6, 6.07) is 0. The van der Waals surface area contributed by atoms with Crippen molar-refractivity contribution >= 4 is 7.72 Å². The lowest BCUT2D eigenvalue weighted by Gasteiger charge is -2.29. The minimum atomic E-state index is -3.10. The largest absolute Gasteiger partial charge is 0.338 e. The summed E-state index contributed by atoms with van der Waals surface area (Å²) < 4.78 is 9.86. The van der Waals surface area contributed by atoms with E-state index < -0.39 is 13.2 Å². The van der Waals surface area contributed by atoms with Crippen LogP contribution in [-0.2, 0) is 9.47 Å². The van der Waals surface area contributed by atoms with Crippen molar-refractivity contribution in [3.63, 3.8) is 0 Å². The molecule has 68 valence electrons. The molecule has 0 aliphatic heterocycles. The Labute approximate surface area is 67.6 Å². The summed E-state index contributed by atoms with van der Waals surface area (Å²) in [5.41, 5.74) is -1.22. The molecule has 0 aromatic heterocycles. The monoisotopic (exact) mass is 183 g/mol. The van der Waals surface area contributed by atoms with Crippen LogP contribution in [0.1, 0.15) is 13.3 Å². The molecule has 2 N–H and O–H groups in total. The van der Waals surface area contributed by atoms with Crippen LogP contribution in [0.2, 0.25) is 0 Å². The summed E-state index contributed by atoms with van der Waals surface area (Å²) in [5, 5.41) is 0. The molecule has 0 radical (unpaired) electrons. The maximum atomic E-state index is 9.34. The first-order chi connectivity index (χ1) is 4.93. The number of rotatable bonds is 4. The smallest absolute Gasteiger partial charge is 0.318 e. The molecular formula is C6H16O4P+. The van der Waals surface area contributed by atoms with E-state index in [0.29, 0.717) is 6.42 Å². The van der Waals surface area contributed by atoms with Crippen molar-refractivity contribution in [1.29, 1.82) is 0 Å².